The Morgan fingerprint density at radius 1 is 1.27 bits per heavy atom. The number of nitrogens with zero attached hydrogens (tertiary/aromatic N) is 6. The molecule has 1 amide bonds. The summed E-state index contributed by atoms with van der Waals surface area (Å²) in [5.41, 5.74) is 11.9. The zero-order valence-corrected chi connectivity index (χ0v) is 20.3. The maximum Gasteiger partial charge on any atom is 0.407 e. The lowest BCUT2D eigenvalue weighted by molar-refractivity contribution is -0.139. The number of fused-ring (bicyclic) bond motifs is 1. The second kappa shape index (κ2) is 12.8. The third-order valence-electron chi connectivity index (χ3n) is 4.68. The molecule has 0 aliphatic rings. The maximum atomic E-state index is 11.9. The number of aliphatic carboxylic acids is 1. The van der Waals surface area contributed by atoms with E-state index < -0.39 is 18.1 Å². The molecule has 0 unspecified atom stereocenters. The fourth-order valence-electron chi connectivity index (χ4n) is 3.08. The lowest BCUT2D eigenvalue weighted by Gasteiger charge is -2.14. The van der Waals surface area contributed by atoms with Crippen molar-refractivity contribution in [2.24, 2.45) is 16.5 Å². The summed E-state index contributed by atoms with van der Waals surface area (Å²) >= 11 is 3.48. The molecule has 33 heavy (non-hydrogen) atoms. The molecular formula is C19H30BrN9O4. The molecule has 0 aliphatic carbocycles. The molecule has 0 aromatic carbocycles. The Balaban J connectivity index is 1.72. The lowest BCUT2D eigenvalue weighted by Crippen LogP contribution is -2.41. The Kier molecular flexibility index (Phi) is 10.1. The third kappa shape index (κ3) is 8.04. The summed E-state index contributed by atoms with van der Waals surface area (Å²) in [6.45, 7) is 1.16. The Bertz CT molecular complexity index is 976. The van der Waals surface area contributed by atoms with Crippen molar-refractivity contribution in [3.05, 3.63) is 11.1 Å². The van der Waals surface area contributed by atoms with Gasteiger partial charge in [-0.2, -0.15) is 0 Å². The van der Waals surface area contributed by atoms with Crippen LogP contribution >= 0.6 is 15.9 Å². The molecule has 0 fully saturated rings. The Morgan fingerprint density at radius 3 is 2.70 bits per heavy atom. The molecule has 0 radical (unpaired) electrons. The number of hydrogen-bond donors (Lipinski definition) is 4. The molecule has 6 N–H and O–H groups in total. The van der Waals surface area contributed by atoms with Crippen molar-refractivity contribution in [1.29, 1.82) is 0 Å². The highest BCUT2D eigenvalue weighted by Crippen LogP contribution is 2.25. The number of nitrogens with one attached hydrogen (secondary N) is 1. The number of amides is 1. The second-order valence-corrected chi connectivity index (χ2v) is 8.19. The number of halogens is 1. The van der Waals surface area contributed by atoms with Crippen molar-refractivity contribution in [1.82, 2.24) is 24.8 Å². The molecule has 14 heteroatoms. The standard InChI is InChI=1S/C19H30BrN9O4/c1-28(2)14-13-15(25-11-24-14)29(17(20)27-13)9-4-3-5-10-33-19(32)26-12(16(30)31)7-6-8-23-18(21)22/h11-12H,3-10H2,1-2H3,(H,26,32)(H,30,31)(H4,21,22,23)/t12-/m1/s1. The van der Waals surface area contributed by atoms with Gasteiger partial charge in [-0.3, -0.25) is 4.99 Å². The molecule has 2 aromatic heterocycles. The number of ether oxygens (including phenoxy) is 1. The molecule has 0 spiro atoms. The zero-order valence-electron chi connectivity index (χ0n) is 18.7. The summed E-state index contributed by atoms with van der Waals surface area (Å²) in [5.74, 6) is -0.458. The molecule has 0 bridgehead atoms. The molecule has 2 heterocycles. The first-order valence-corrected chi connectivity index (χ1v) is 11.3. The first kappa shape index (κ1) is 26.1. The van der Waals surface area contributed by atoms with Crippen molar-refractivity contribution in [2.45, 2.75) is 44.7 Å². The fourth-order valence-corrected chi connectivity index (χ4v) is 3.60. The van der Waals surface area contributed by atoms with Crippen molar-refractivity contribution in [3.63, 3.8) is 0 Å². The largest absolute Gasteiger partial charge is 0.480 e. The van der Waals surface area contributed by atoms with Gasteiger partial charge in [0.15, 0.2) is 27.7 Å². The highest BCUT2D eigenvalue weighted by Gasteiger charge is 2.20. The predicted octanol–water partition coefficient (Wildman–Crippen LogP) is 1.06. The van der Waals surface area contributed by atoms with E-state index in [-0.39, 0.29) is 25.5 Å². The van der Waals surface area contributed by atoms with Crippen molar-refractivity contribution < 1.29 is 19.4 Å². The summed E-state index contributed by atoms with van der Waals surface area (Å²) in [6, 6.07) is -1.06. The van der Waals surface area contributed by atoms with Crippen LogP contribution in [0.15, 0.2) is 16.1 Å². The van der Waals surface area contributed by atoms with Crippen LogP contribution in [0.4, 0.5) is 10.6 Å². The number of hydrogen-bond acceptors (Lipinski definition) is 8. The molecular weight excluding hydrogens is 498 g/mol. The van der Waals surface area contributed by atoms with Gasteiger partial charge in [-0.15, -0.1) is 0 Å². The highest BCUT2D eigenvalue weighted by atomic mass is 79.9. The number of aliphatic imine (C=N–C) groups is 1. The Morgan fingerprint density at radius 2 is 2.03 bits per heavy atom. The van der Waals surface area contributed by atoms with Crippen LogP contribution in [-0.2, 0) is 16.1 Å². The molecule has 2 aromatic rings. The fraction of sp³-hybridized carbons (Fsp3) is 0.579. The minimum atomic E-state index is -1.14. The van der Waals surface area contributed by atoms with Crippen molar-refractivity contribution in [3.8, 4) is 0 Å². The molecule has 0 saturated heterocycles. The first-order valence-electron chi connectivity index (χ1n) is 10.5. The highest BCUT2D eigenvalue weighted by molar-refractivity contribution is 9.10. The lowest BCUT2D eigenvalue weighted by atomic mass is 10.1. The number of guanidine groups is 1. The van der Waals surface area contributed by atoms with E-state index in [2.05, 4.69) is 41.2 Å². The van der Waals surface area contributed by atoms with E-state index in [1.807, 2.05) is 23.6 Å². The normalized spacial score (nSPS) is 11.7. The van der Waals surface area contributed by atoms with E-state index in [0.717, 1.165) is 29.8 Å². The van der Waals surface area contributed by atoms with E-state index in [9.17, 15) is 14.7 Å². The minimum Gasteiger partial charge on any atom is -0.480 e. The van der Waals surface area contributed by atoms with Gasteiger partial charge in [0.2, 0.25) is 0 Å². The number of aromatic nitrogens is 4. The van der Waals surface area contributed by atoms with E-state index in [4.69, 9.17) is 16.2 Å². The number of carbonyl (C=O) groups is 2. The molecule has 13 nitrogen and oxygen atoms in total. The van der Waals surface area contributed by atoms with Gasteiger partial charge in [0, 0.05) is 27.2 Å². The SMILES string of the molecule is CN(C)c1ncnc2c1nc(Br)n2CCCCCOC(=O)N[C@H](CCCN=C(N)N)C(=O)O. The number of aryl methyl sites for hydroxylation is 1. The molecule has 2 rings (SSSR count). The van der Waals surface area contributed by atoms with E-state index >= 15 is 0 Å². The Hall–Kier alpha value is -3.16. The maximum absolute atomic E-state index is 11.9. The topological polar surface area (TPSA) is 187 Å². The van der Waals surface area contributed by atoms with Gasteiger partial charge in [0.1, 0.15) is 12.4 Å². The van der Waals surface area contributed by atoms with Gasteiger partial charge in [-0.25, -0.2) is 24.5 Å². The summed E-state index contributed by atoms with van der Waals surface area (Å²) in [5, 5.41) is 11.6. The number of rotatable bonds is 13. The van der Waals surface area contributed by atoms with Crippen LogP contribution in [-0.4, -0.2) is 75.9 Å². The molecule has 0 saturated carbocycles. The molecule has 0 aliphatic heterocycles. The quantitative estimate of drug-likeness (QED) is 0.127. The number of carboxylic acids is 1. The van der Waals surface area contributed by atoms with Crippen LogP contribution in [0.5, 0.6) is 0 Å². The number of anilines is 1. The Labute approximate surface area is 199 Å². The van der Waals surface area contributed by atoms with Gasteiger partial charge >= 0.3 is 12.1 Å². The van der Waals surface area contributed by atoms with Crippen molar-refractivity contribution >= 4 is 50.9 Å². The average Bonchev–Trinajstić information content (AvgIpc) is 3.07. The first-order chi connectivity index (χ1) is 15.7. The second-order valence-electron chi connectivity index (χ2n) is 7.48. The smallest absolute Gasteiger partial charge is 0.407 e. The number of unbranched alkanes of at least 4 members (excludes halogenated alkanes) is 2. The van der Waals surface area contributed by atoms with Crippen LogP contribution in [0.2, 0.25) is 0 Å². The summed E-state index contributed by atoms with van der Waals surface area (Å²) in [7, 11) is 3.80. The average molecular weight is 528 g/mol. The van der Waals surface area contributed by atoms with Gasteiger partial charge in [0.05, 0.1) is 6.61 Å². The molecule has 1 atom stereocenters. The van der Waals surface area contributed by atoms with Gasteiger partial charge in [0.25, 0.3) is 0 Å². The van der Waals surface area contributed by atoms with Gasteiger partial charge in [-0.1, -0.05) is 0 Å². The minimum absolute atomic E-state index is 0.0607. The summed E-state index contributed by atoms with van der Waals surface area (Å²) < 4.78 is 7.75. The van der Waals surface area contributed by atoms with Crippen LogP contribution in [0.1, 0.15) is 32.1 Å². The van der Waals surface area contributed by atoms with Crippen LogP contribution < -0.4 is 21.7 Å². The van der Waals surface area contributed by atoms with E-state index in [0.29, 0.717) is 24.1 Å². The van der Waals surface area contributed by atoms with Crippen molar-refractivity contribution in [2.75, 3.05) is 32.1 Å². The zero-order chi connectivity index (χ0) is 24.4. The van der Waals surface area contributed by atoms with Crippen LogP contribution in [0.3, 0.4) is 0 Å². The van der Waals surface area contributed by atoms with Gasteiger partial charge in [-0.05, 0) is 48.0 Å². The predicted molar refractivity (Wildman–Crippen MR) is 127 cm³/mol. The number of carbonyl (C=O) groups excluding carboxylic acids is 1. The summed E-state index contributed by atoms with van der Waals surface area (Å²) in [4.78, 5) is 42.0. The van der Waals surface area contributed by atoms with E-state index in [1.165, 1.54) is 6.33 Å². The molecule has 182 valence electrons. The number of alkyl carbamates (subject to hydrolysis) is 1. The number of carboxylic acid groups (broad SMARTS) is 1. The number of imidazole rings is 1. The third-order valence-corrected chi connectivity index (χ3v) is 5.29. The van der Waals surface area contributed by atoms with Crippen LogP contribution in [0.25, 0.3) is 11.2 Å². The summed E-state index contributed by atoms with van der Waals surface area (Å²) in [6.07, 6.45) is 3.60. The van der Waals surface area contributed by atoms with Gasteiger partial charge < -0.3 is 36.1 Å². The van der Waals surface area contributed by atoms with E-state index in [1.54, 1.807) is 0 Å². The number of nitrogens with two attached hydrogens (primary N) is 2. The van der Waals surface area contributed by atoms with Crippen LogP contribution in [0, 0.1) is 0 Å². The monoisotopic (exact) mass is 527 g/mol.